The van der Waals surface area contributed by atoms with Gasteiger partial charge in [-0.15, -0.1) is 0 Å². The van der Waals surface area contributed by atoms with E-state index in [0.717, 1.165) is 12.8 Å². The van der Waals surface area contributed by atoms with Crippen LogP contribution in [-0.4, -0.2) is 39.9 Å². The molecule has 3 heterocycles. The summed E-state index contributed by atoms with van der Waals surface area (Å²) in [6, 6.07) is 4.89. The lowest BCUT2D eigenvalue weighted by atomic mass is 9.92. The molecule has 2 aromatic rings. The van der Waals surface area contributed by atoms with Gasteiger partial charge in [-0.25, -0.2) is 9.67 Å². The molecule has 116 valence electrons. The molecule has 0 aliphatic carbocycles. The summed E-state index contributed by atoms with van der Waals surface area (Å²) >= 11 is 0. The van der Waals surface area contributed by atoms with Crippen LogP contribution in [0.2, 0.25) is 0 Å². The molecule has 3 N–H and O–H groups in total. The number of hydrogen-bond acceptors (Lipinski definition) is 5. The predicted octanol–water partition coefficient (Wildman–Crippen LogP) is 0.960. The quantitative estimate of drug-likeness (QED) is 0.877. The van der Waals surface area contributed by atoms with E-state index >= 15 is 0 Å². The highest BCUT2D eigenvalue weighted by Crippen LogP contribution is 2.19. The molecule has 0 bridgehead atoms. The van der Waals surface area contributed by atoms with Gasteiger partial charge in [0.05, 0.1) is 17.9 Å². The Labute approximate surface area is 128 Å². The number of ether oxygens (including phenoxy) is 1. The summed E-state index contributed by atoms with van der Waals surface area (Å²) in [6.45, 7) is 1.34. The standard InChI is InChI=1S/C15H19N5O2/c16-14(11-4-8-22-9-5-11)15(21)19-12-2-3-13(17-10-12)20-7-1-6-18-20/h1-3,6-7,10-11,14H,4-5,8-9,16H2,(H,19,21). The first-order chi connectivity index (χ1) is 10.7. The van der Waals surface area contributed by atoms with Crippen molar-refractivity contribution in [2.45, 2.75) is 18.9 Å². The average Bonchev–Trinajstić information content (AvgIpc) is 3.10. The summed E-state index contributed by atoms with van der Waals surface area (Å²) in [5, 5.41) is 6.92. The second kappa shape index (κ2) is 6.67. The first-order valence-corrected chi connectivity index (χ1v) is 7.34. The normalized spacial score (nSPS) is 17.1. The number of anilines is 1. The lowest BCUT2D eigenvalue weighted by Gasteiger charge is -2.26. The van der Waals surface area contributed by atoms with E-state index in [1.807, 2.05) is 12.3 Å². The zero-order chi connectivity index (χ0) is 15.4. The van der Waals surface area contributed by atoms with Gasteiger partial charge in [-0.3, -0.25) is 4.79 Å². The molecule has 7 nitrogen and oxygen atoms in total. The van der Waals surface area contributed by atoms with E-state index in [1.54, 1.807) is 29.2 Å². The maximum absolute atomic E-state index is 12.2. The molecule has 1 atom stereocenters. The van der Waals surface area contributed by atoms with Gasteiger partial charge in [-0.1, -0.05) is 0 Å². The SMILES string of the molecule is NC(C(=O)Nc1ccc(-n2cccn2)nc1)C1CCOCC1. The zero-order valence-corrected chi connectivity index (χ0v) is 12.2. The van der Waals surface area contributed by atoms with Crippen LogP contribution in [-0.2, 0) is 9.53 Å². The Hall–Kier alpha value is -2.25. The Morgan fingerprint density at radius 3 is 2.86 bits per heavy atom. The summed E-state index contributed by atoms with van der Waals surface area (Å²) in [6.07, 6.45) is 6.74. The fraction of sp³-hybridized carbons (Fsp3) is 0.400. The Kier molecular flexibility index (Phi) is 4.45. The van der Waals surface area contributed by atoms with E-state index in [0.29, 0.717) is 24.7 Å². The van der Waals surface area contributed by atoms with Crippen LogP contribution in [0.5, 0.6) is 0 Å². The number of pyridine rings is 1. The summed E-state index contributed by atoms with van der Waals surface area (Å²) in [5.74, 6) is 0.683. The van der Waals surface area contributed by atoms with Crippen molar-refractivity contribution in [2.24, 2.45) is 11.7 Å². The van der Waals surface area contributed by atoms with Crippen molar-refractivity contribution >= 4 is 11.6 Å². The van der Waals surface area contributed by atoms with Gasteiger partial charge >= 0.3 is 0 Å². The van der Waals surface area contributed by atoms with Crippen molar-refractivity contribution in [3.8, 4) is 5.82 Å². The average molecular weight is 301 g/mol. The van der Waals surface area contributed by atoms with Gasteiger partial charge < -0.3 is 15.8 Å². The van der Waals surface area contributed by atoms with E-state index in [4.69, 9.17) is 10.5 Å². The van der Waals surface area contributed by atoms with Crippen molar-refractivity contribution in [3.63, 3.8) is 0 Å². The lowest BCUT2D eigenvalue weighted by molar-refractivity contribution is -0.119. The molecule has 3 rings (SSSR count). The minimum atomic E-state index is -0.519. The second-order valence-electron chi connectivity index (χ2n) is 5.32. The molecule has 1 unspecified atom stereocenters. The third-order valence-corrected chi connectivity index (χ3v) is 3.83. The maximum Gasteiger partial charge on any atom is 0.241 e. The minimum Gasteiger partial charge on any atom is -0.381 e. The summed E-state index contributed by atoms with van der Waals surface area (Å²) in [5.41, 5.74) is 6.67. The molecule has 0 saturated carbocycles. The number of nitrogens with zero attached hydrogens (tertiary/aromatic N) is 3. The van der Waals surface area contributed by atoms with Crippen LogP contribution >= 0.6 is 0 Å². The molecule has 2 aromatic heterocycles. The molecule has 22 heavy (non-hydrogen) atoms. The summed E-state index contributed by atoms with van der Waals surface area (Å²) in [7, 11) is 0. The first kappa shape index (κ1) is 14.7. The van der Waals surface area contributed by atoms with Gasteiger partial charge in [0.1, 0.15) is 0 Å². The second-order valence-corrected chi connectivity index (χ2v) is 5.32. The number of carbonyl (C=O) groups is 1. The molecule has 0 spiro atoms. The van der Waals surface area contributed by atoms with Crippen LogP contribution in [0.25, 0.3) is 5.82 Å². The molecule has 1 saturated heterocycles. The maximum atomic E-state index is 12.2. The number of rotatable bonds is 4. The Balaban J connectivity index is 1.61. The van der Waals surface area contributed by atoms with E-state index < -0.39 is 6.04 Å². The van der Waals surface area contributed by atoms with Crippen LogP contribution in [0.1, 0.15) is 12.8 Å². The van der Waals surface area contributed by atoms with E-state index in [2.05, 4.69) is 15.4 Å². The van der Waals surface area contributed by atoms with Crippen molar-refractivity contribution < 1.29 is 9.53 Å². The highest BCUT2D eigenvalue weighted by Gasteiger charge is 2.26. The number of aromatic nitrogens is 3. The van der Waals surface area contributed by atoms with Gasteiger partial charge in [0, 0.05) is 25.6 Å². The van der Waals surface area contributed by atoms with Crippen molar-refractivity contribution in [2.75, 3.05) is 18.5 Å². The largest absolute Gasteiger partial charge is 0.381 e. The van der Waals surface area contributed by atoms with Gasteiger partial charge in [-0.2, -0.15) is 5.10 Å². The van der Waals surface area contributed by atoms with Crippen LogP contribution < -0.4 is 11.1 Å². The Morgan fingerprint density at radius 2 is 2.23 bits per heavy atom. The monoisotopic (exact) mass is 301 g/mol. The number of nitrogens with one attached hydrogen (secondary N) is 1. The molecule has 1 amide bonds. The van der Waals surface area contributed by atoms with Gasteiger partial charge in [0.2, 0.25) is 5.91 Å². The third kappa shape index (κ3) is 3.32. The van der Waals surface area contributed by atoms with Crippen LogP contribution in [0.4, 0.5) is 5.69 Å². The van der Waals surface area contributed by atoms with Crippen LogP contribution in [0, 0.1) is 5.92 Å². The summed E-state index contributed by atoms with van der Waals surface area (Å²) < 4.78 is 6.94. The summed E-state index contributed by atoms with van der Waals surface area (Å²) in [4.78, 5) is 16.5. The number of hydrogen-bond donors (Lipinski definition) is 2. The molecule has 0 radical (unpaired) electrons. The number of nitrogens with two attached hydrogens (primary N) is 1. The Morgan fingerprint density at radius 1 is 1.41 bits per heavy atom. The highest BCUT2D eigenvalue weighted by atomic mass is 16.5. The van der Waals surface area contributed by atoms with Crippen LogP contribution in [0.15, 0.2) is 36.8 Å². The number of carbonyl (C=O) groups excluding carboxylic acids is 1. The van der Waals surface area contributed by atoms with Gasteiger partial charge in [0.25, 0.3) is 0 Å². The molecule has 1 fully saturated rings. The van der Waals surface area contributed by atoms with Crippen molar-refractivity contribution in [1.82, 2.24) is 14.8 Å². The first-order valence-electron chi connectivity index (χ1n) is 7.34. The minimum absolute atomic E-state index is 0.171. The molecule has 7 heteroatoms. The van der Waals surface area contributed by atoms with Gasteiger partial charge in [-0.05, 0) is 37.0 Å². The fourth-order valence-corrected chi connectivity index (χ4v) is 2.51. The molecule has 1 aliphatic rings. The molecule has 0 aromatic carbocycles. The van der Waals surface area contributed by atoms with Crippen molar-refractivity contribution in [3.05, 3.63) is 36.8 Å². The van der Waals surface area contributed by atoms with Crippen LogP contribution in [0.3, 0.4) is 0 Å². The predicted molar refractivity (Wildman–Crippen MR) is 81.5 cm³/mol. The third-order valence-electron chi connectivity index (χ3n) is 3.83. The lowest BCUT2D eigenvalue weighted by Crippen LogP contribution is -2.44. The van der Waals surface area contributed by atoms with Crippen molar-refractivity contribution in [1.29, 1.82) is 0 Å². The zero-order valence-electron chi connectivity index (χ0n) is 12.2. The van der Waals surface area contributed by atoms with E-state index in [1.165, 1.54) is 0 Å². The molecular formula is C15H19N5O2. The fourth-order valence-electron chi connectivity index (χ4n) is 2.51. The van der Waals surface area contributed by atoms with Gasteiger partial charge in [0.15, 0.2) is 5.82 Å². The Bertz CT molecular complexity index is 605. The van der Waals surface area contributed by atoms with E-state index in [-0.39, 0.29) is 11.8 Å². The molecule has 1 aliphatic heterocycles. The smallest absolute Gasteiger partial charge is 0.241 e. The highest BCUT2D eigenvalue weighted by molar-refractivity contribution is 5.94. The van der Waals surface area contributed by atoms with E-state index in [9.17, 15) is 4.79 Å². The topological polar surface area (TPSA) is 95.1 Å². The number of amides is 1. The molecular weight excluding hydrogens is 282 g/mol.